The standard InChI is InChI=1S/C17H19N3O/c1-11-8-16(19-15-5-3-2-4-14(11)15)20-9-12(10-20)17(21)18-13-6-7-13/h2-5,8,12-13H,6-7,9-10H2,1H3,(H,18,21). The van der Waals surface area contributed by atoms with Crippen molar-refractivity contribution in [1.29, 1.82) is 0 Å². The van der Waals surface area contributed by atoms with E-state index in [4.69, 9.17) is 4.98 Å². The molecule has 0 atom stereocenters. The summed E-state index contributed by atoms with van der Waals surface area (Å²) < 4.78 is 0. The average molecular weight is 281 g/mol. The summed E-state index contributed by atoms with van der Waals surface area (Å²) in [7, 11) is 0. The van der Waals surface area contributed by atoms with Gasteiger partial charge in [0.05, 0.1) is 11.4 Å². The van der Waals surface area contributed by atoms with Crippen molar-refractivity contribution in [3.63, 3.8) is 0 Å². The minimum atomic E-state index is 0.124. The number of fused-ring (bicyclic) bond motifs is 1. The second-order valence-electron chi connectivity index (χ2n) is 6.20. The normalized spacial score (nSPS) is 18.6. The molecule has 4 nitrogen and oxygen atoms in total. The van der Waals surface area contributed by atoms with Crippen LogP contribution < -0.4 is 10.2 Å². The molecule has 0 radical (unpaired) electrons. The summed E-state index contributed by atoms with van der Waals surface area (Å²) in [6.07, 6.45) is 2.29. The Hall–Kier alpha value is -2.10. The first-order valence-corrected chi connectivity index (χ1v) is 7.62. The van der Waals surface area contributed by atoms with Gasteiger partial charge in [0.25, 0.3) is 0 Å². The third kappa shape index (κ3) is 2.35. The van der Waals surface area contributed by atoms with Crippen molar-refractivity contribution in [1.82, 2.24) is 10.3 Å². The molecule has 21 heavy (non-hydrogen) atoms. The largest absolute Gasteiger partial charge is 0.355 e. The van der Waals surface area contributed by atoms with Crippen LogP contribution in [0.2, 0.25) is 0 Å². The minimum absolute atomic E-state index is 0.124. The van der Waals surface area contributed by atoms with E-state index in [1.807, 2.05) is 18.2 Å². The number of nitrogens with one attached hydrogen (secondary N) is 1. The second kappa shape index (κ2) is 4.72. The molecule has 1 aliphatic heterocycles. The van der Waals surface area contributed by atoms with E-state index in [1.165, 1.54) is 10.9 Å². The van der Waals surface area contributed by atoms with Crippen molar-refractivity contribution in [3.8, 4) is 0 Å². The van der Waals surface area contributed by atoms with Crippen molar-refractivity contribution in [2.24, 2.45) is 5.92 Å². The van der Waals surface area contributed by atoms with Gasteiger partial charge in [-0.3, -0.25) is 4.79 Å². The summed E-state index contributed by atoms with van der Waals surface area (Å²) in [5.74, 6) is 1.33. The van der Waals surface area contributed by atoms with Crippen LogP contribution in [0.4, 0.5) is 5.82 Å². The maximum absolute atomic E-state index is 12.0. The number of rotatable bonds is 3. The highest BCUT2D eigenvalue weighted by Gasteiger charge is 2.36. The molecule has 0 bridgehead atoms. The molecule has 0 unspecified atom stereocenters. The number of carbonyl (C=O) groups excluding carboxylic acids is 1. The topological polar surface area (TPSA) is 45.2 Å². The van der Waals surface area contributed by atoms with E-state index < -0.39 is 0 Å². The Bertz CT molecular complexity index is 702. The lowest BCUT2D eigenvalue weighted by Crippen LogP contribution is -2.54. The van der Waals surface area contributed by atoms with Gasteiger partial charge in [-0.1, -0.05) is 18.2 Å². The molecule has 1 N–H and O–H groups in total. The van der Waals surface area contributed by atoms with E-state index in [0.29, 0.717) is 6.04 Å². The van der Waals surface area contributed by atoms with E-state index in [-0.39, 0.29) is 11.8 Å². The number of hydrogen-bond acceptors (Lipinski definition) is 3. The number of nitrogens with zero attached hydrogens (tertiary/aromatic N) is 2. The van der Waals surface area contributed by atoms with Crippen molar-refractivity contribution in [3.05, 3.63) is 35.9 Å². The fourth-order valence-electron chi connectivity index (χ4n) is 2.87. The number of pyridine rings is 1. The number of aromatic nitrogens is 1. The van der Waals surface area contributed by atoms with Gasteiger partial charge in [0.15, 0.2) is 0 Å². The number of aryl methyl sites for hydroxylation is 1. The number of para-hydroxylation sites is 1. The van der Waals surface area contributed by atoms with Gasteiger partial charge in [-0.2, -0.15) is 0 Å². The summed E-state index contributed by atoms with van der Waals surface area (Å²) in [4.78, 5) is 18.9. The van der Waals surface area contributed by atoms with Crippen molar-refractivity contribution in [2.45, 2.75) is 25.8 Å². The second-order valence-corrected chi connectivity index (χ2v) is 6.20. The molecule has 1 saturated heterocycles. The van der Waals surface area contributed by atoms with Crippen LogP contribution in [0, 0.1) is 12.8 Å². The predicted molar refractivity (Wildman–Crippen MR) is 83.3 cm³/mol. The van der Waals surface area contributed by atoms with Crippen molar-refractivity contribution < 1.29 is 4.79 Å². The lowest BCUT2D eigenvalue weighted by molar-refractivity contribution is -0.125. The summed E-state index contributed by atoms with van der Waals surface area (Å²) in [6.45, 7) is 3.68. The van der Waals surface area contributed by atoms with Crippen LogP contribution in [0.15, 0.2) is 30.3 Å². The Balaban J connectivity index is 1.49. The molecular formula is C17H19N3O. The Morgan fingerprint density at radius 1 is 1.29 bits per heavy atom. The van der Waals surface area contributed by atoms with Gasteiger partial charge in [0.2, 0.25) is 5.91 Å². The molecule has 1 aromatic heterocycles. The third-order valence-electron chi connectivity index (χ3n) is 4.41. The number of hydrogen-bond donors (Lipinski definition) is 1. The van der Waals surface area contributed by atoms with Crippen molar-refractivity contribution >= 4 is 22.6 Å². The van der Waals surface area contributed by atoms with E-state index in [0.717, 1.165) is 37.3 Å². The minimum Gasteiger partial charge on any atom is -0.355 e. The van der Waals surface area contributed by atoms with Gasteiger partial charge < -0.3 is 10.2 Å². The zero-order valence-corrected chi connectivity index (χ0v) is 12.2. The average Bonchev–Trinajstić information content (AvgIpc) is 3.21. The zero-order chi connectivity index (χ0) is 14.4. The first kappa shape index (κ1) is 12.6. The molecule has 2 heterocycles. The molecule has 108 valence electrons. The highest BCUT2D eigenvalue weighted by atomic mass is 16.2. The van der Waals surface area contributed by atoms with Crippen LogP contribution in [-0.4, -0.2) is 30.0 Å². The predicted octanol–water partition coefficient (Wildman–Crippen LogP) is 2.26. The molecule has 1 aliphatic carbocycles. The maximum atomic E-state index is 12.0. The number of benzene rings is 1. The quantitative estimate of drug-likeness (QED) is 0.938. The fourth-order valence-corrected chi connectivity index (χ4v) is 2.87. The molecule has 1 aromatic carbocycles. The van der Waals surface area contributed by atoms with Gasteiger partial charge in [-0.05, 0) is 37.5 Å². The molecule has 1 saturated carbocycles. The molecule has 2 aliphatic rings. The van der Waals surface area contributed by atoms with Crippen LogP contribution in [0.3, 0.4) is 0 Å². The molecular weight excluding hydrogens is 262 g/mol. The van der Waals surface area contributed by atoms with Gasteiger partial charge in [-0.25, -0.2) is 4.98 Å². The Morgan fingerprint density at radius 2 is 2.05 bits per heavy atom. The van der Waals surface area contributed by atoms with Gasteiger partial charge in [-0.15, -0.1) is 0 Å². The Kier molecular flexibility index (Phi) is 2.84. The molecule has 2 fully saturated rings. The summed E-state index contributed by atoms with van der Waals surface area (Å²) >= 11 is 0. The smallest absolute Gasteiger partial charge is 0.226 e. The monoisotopic (exact) mass is 281 g/mol. The van der Waals surface area contributed by atoms with Gasteiger partial charge in [0, 0.05) is 24.5 Å². The molecule has 4 rings (SSSR count). The van der Waals surface area contributed by atoms with Crippen molar-refractivity contribution in [2.75, 3.05) is 18.0 Å². The molecule has 2 aromatic rings. The van der Waals surface area contributed by atoms with Gasteiger partial charge >= 0.3 is 0 Å². The molecule has 1 amide bonds. The highest BCUT2D eigenvalue weighted by molar-refractivity contribution is 5.85. The van der Waals surface area contributed by atoms with Crippen LogP contribution in [-0.2, 0) is 4.79 Å². The van der Waals surface area contributed by atoms with Crippen LogP contribution in [0.25, 0.3) is 10.9 Å². The Labute approximate surface area is 124 Å². The zero-order valence-electron chi connectivity index (χ0n) is 12.2. The molecule has 0 spiro atoms. The number of amides is 1. The van der Waals surface area contributed by atoms with Gasteiger partial charge in [0.1, 0.15) is 5.82 Å². The summed E-state index contributed by atoms with van der Waals surface area (Å²) in [5, 5.41) is 4.28. The number of carbonyl (C=O) groups is 1. The first-order chi connectivity index (χ1) is 10.2. The van der Waals surface area contributed by atoms with Crippen LogP contribution in [0.1, 0.15) is 18.4 Å². The lowest BCUT2D eigenvalue weighted by Gasteiger charge is -2.39. The van der Waals surface area contributed by atoms with Crippen LogP contribution in [0.5, 0.6) is 0 Å². The third-order valence-corrected chi connectivity index (χ3v) is 4.41. The summed E-state index contributed by atoms with van der Waals surface area (Å²) in [5.41, 5.74) is 2.26. The van der Waals surface area contributed by atoms with E-state index in [2.05, 4.69) is 29.3 Å². The SMILES string of the molecule is Cc1cc(N2CC(C(=O)NC3CC3)C2)nc2ccccc12. The summed E-state index contributed by atoms with van der Waals surface area (Å²) in [6, 6.07) is 10.8. The maximum Gasteiger partial charge on any atom is 0.226 e. The number of anilines is 1. The lowest BCUT2D eigenvalue weighted by atomic mass is 9.98. The fraction of sp³-hybridized carbons (Fsp3) is 0.412. The van der Waals surface area contributed by atoms with E-state index in [1.54, 1.807) is 0 Å². The highest BCUT2D eigenvalue weighted by Crippen LogP contribution is 2.28. The Morgan fingerprint density at radius 3 is 2.81 bits per heavy atom. The first-order valence-electron chi connectivity index (χ1n) is 7.62. The van der Waals surface area contributed by atoms with E-state index >= 15 is 0 Å². The van der Waals surface area contributed by atoms with E-state index in [9.17, 15) is 4.79 Å². The molecule has 4 heteroatoms. The van der Waals surface area contributed by atoms with Crippen LogP contribution >= 0.6 is 0 Å².